The third kappa shape index (κ3) is 6.63. The second kappa shape index (κ2) is 11.8. The van der Waals surface area contributed by atoms with Gasteiger partial charge in [0.05, 0.1) is 24.7 Å². The van der Waals surface area contributed by atoms with E-state index in [9.17, 15) is 4.79 Å². The van der Waals surface area contributed by atoms with Crippen LogP contribution in [0.25, 0.3) is 22.4 Å². The van der Waals surface area contributed by atoms with Gasteiger partial charge in [0.1, 0.15) is 5.03 Å². The van der Waals surface area contributed by atoms with Gasteiger partial charge in [0.15, 0.2) is 0 Å². The predicted octanol–water partition coefficient (Wildman–Crippen LogP) is 3.74. The van der Waals surface area contributed by atoms with Gasteiger partial charge in [-0.25, -0.2) is 0 Å². The van der Waals surface area contributed by atoms with Crippen molar-refractivity contribution in [2.45, 2.75) is 11.4 Å². The minimum absolute atomic E-state index is 0.0272. The van der Waals surface area contributed by atoms with Gasteiger partial charge in [-0.2, -0.15) is 0 Å². The number of aromatic nitrogens is 2. The van der Waals surface area contributed by atoms with Crippen molar-refractivity contribution in [3.05, 3.63) is 66.7 Å². The van der Waals surface area contributed by atoms with E-state index in [0.29, 0.717) is 12.3 Å². The number of nitrogens with zero attached hydrogens (tertiary/aromatic N) is 3. The summed E-state index contributed by atoms with van der Waals surface area (Å²) in [7, 11) is 0. The summed E-state index contributed by atoms with van der Waals surface area (Å²) in [6.07, 6.45) is 0.952. The van der Waals surface area contributed by atoms with Crippen LogP contribution in [0.1, 0.15) is 6.42 Å². The van der Waals surface area contributed by atoms with Gasteiger partial charge >= 0.3 is 0 Å². The summed E-state index contributed by atoms with van der Waals surface area (Å²) in [6, 6.07) is 22.5. The third-order valence-corrected chi connectivity index (χ3v) is 6.28. The summed E-state index contributed by atoms with van der Waals surface area (Å²) in [4.78, 5) is 14.5. The van der Waals surface area contributed by atoms with Crippen molar-refractivity contribution < 1.29 is 9.53 Å². The van der Waals surface area contributed by atoms with Crippen molar-refractivity contribution in [3.8, 4) is 22.4 Å². The van der Waals surface area contributed by atoms with Crippen molar-refractivity contribution in [2.24, 2.45) is 0 Å². The van der Waals surface area contributed by atoms with Crippen LogP contribution in [0.15, 0.2) is 71.8 Å². The molecule has 4 rings (SSSR count). The van der Waals surface area contributed by atoms with Gasteiger partial charge in [-0.3, -0.25) is 9.69 Å². The highest BCUT2D eigenvalue weighted by Crippen LogP contribution is 2.24. The zero-order chi connectivity index (χ0) is 22.0. The molecule has 1 N–H and O–H groups in total. The van der Waals surface area contributed by atoms with Crippen LogP contribution in [0, 0.1) is 0 Å². The van der Waals surface area contributed by atoms with Crippen LogP contribution in [-0.2, 0) is 9.53 Å². The van der Waals surface area contributed by atoms with E-state index in [4.69, 9.17) is 4.74 Å². The van der Waals surface area contributed by atoms with E-state index in [1.54, 1.807) is 0 Å². The summed E-state index contributed by atoms with van der Waals surface area (Å²) < 4.78 is 5.35. The number of rotatable bonds is 9. The average Bonchev–Trinajstić information content (AvgIpc) is 2.87. The lowest BCUT2D eigenvalue weighted by atomic mass is 10.0. The Hall–Kier alpha value is -2.74. The zero-order valence-corrected chi connectivity index (χ0v) is 18.9. The van der Waals surface area contributed by atoms with Crippen LogP contribution in [0.3, 0.4) is 0 Å². The minimum Gasteiger partial charge on any atom is -0.379 e. The molecule has 0 spiro atoms. The number of ether oxygens (including phenoxy) is 1. The smallest absolute Gasteiger partial charge is 0.230 e. The van der Waals surface area contributed by atoms with Gasteiger partial charge in [0.2, 0.25) is 5.91 Å². The molecule has 0 saturated carbocycles. The SMILES string of the molecule is O=C(CSc1ccc(-c2ccc(-c3ccccc3)cc2)nn1)NCCCN1CCOCC1. The van der Waals surface area contributed by atoms with E-state index in [-0.39, 0.29) is 5.91 Å². The van der Waals surface area contributed by atoms with Crippen LogP contribution in [0.2, 0.25) is 0 Å². The molecular formula is C25H28N4O2S. The minimum atomic E-state index is 0.0272. The summed E-state index contributed by atoms with van der Waals surface area (Å²) in [5.41, 5.74) is 4.20. The molecule has 6 nitrogen and oxygen atoms in total. The van der Waals surface area contributed by atoms with E-state index in [1.165, 1.54) is 22.9 Å². The van der Waals surface area contributed by atoms with Gasteiger partial charge in [0, 0.05) is 25.2 Å². The molecule has 0 unspecified atom stereocenters. The predicted molar refractivity (Wildman–Crippen MR) is 129 cm³/mol. The molecular weight excluding hydrogens is 420 g/mol. The van der Waals surface area contributed by atoms with Crippen LogP contribution in [0.4, 0.5) is 0 Å². The standard InChI is InChI=1S/C25H28N4O2S/c30-24(26-13-4-14-29-15-17-31-18-16-29)19-32-25-12-11-23(27-28-25)22-9-7-21(8-10-22)20-5-2-1-3-6-20/h1-3,5-12H,4,13-19H2,(H,26,30). The van der Waals surface area contributed by atoms with Gasteiger partial charge in [-0.05, 0) is 36.2 Å². The number of carbonyl (C=O) groups is 1. The molecule has 1 aliphatic heterocycles. The quantitative estimate of drug-likeness (QED) is 0.397. The Balaban J connectivity index is 1.20. The molecule has 1 fully saturated rings. The second-order valence-corrected chi connectivity index (χ2v) is 8.64. The number of benzene rings is 2. The molecule has 1 saturated heterocycles. The molecule has 0 bridgehead atoms. The molecule has 7 heteroatoms. The van der Waals surface area contributed by atoms with Gasteiger partial charge < -0.3 is 10.1 Å². The fraction of sp³-hybridized carbons (Fsp3) is 0.320. The average molecular weight is 449 g/mol. The molecule has 32 heavy (non-hydrogen) atoms. The van der Waals surface area contributed by atoms with Crippen molar-refractivity contribution in [2.75, 3.05) is 45.1 Å². The summed E-state index contributed by atoms with van der Waals surface area (Å²) in [5, 5.41) is 12.3. The lowest BCUT2D eigenvalue weighted by Gasteiger charge is -2.26. The molecule has 1 aliphatic rings. The Bertz CT molecular complexity index is 975. The van der Waals surface area contributed by atoms with Gasteiger partial charge in [-0.15, -0.1) is 10.2 Å². The lowest BCUT2D eigenvalue weighted by molar-refractivity contribution is -0.118. The highest BCUT2D eigenvalue weighted by molar-refractivity contribution is 7.99. The first-order valence-corrected chi connectivity index (χ1v) is 12.0. The summed E-state index contributed by atoms with van der Waals surface area (Å²) in [5.74, 6) is 0.372. The summed E-state index contributed by atoms with van der Waals surface area (Å²) in [6.45, 7) is 5.27. The molecule has 0 atom stereocenters. The van der Waals surface area contributed by atoms with Crippen LogP contribution in [0.5, 0.6) is 0 Å². The maximum absolute atomic E-state index is 12.1. The molecule has 2 heterocycles. The Morgan fingerprint density at radius 2 is 1.62 bits per heavy atom. The van der Waals surface area contributed by atoms with Crippen LogP contribution in [-0.4, -0.2) is 66.2 Å². The van der Waals surface area contributed by atoms with Gasteiger partial charge in [-0.1, -0.05) is 66.4 Å². The Morgan fingerprint density at radius 3 is 2.34 bits per heavy atom. The van der Waals surface area contributed by atoms with E-state index in [2.05, 4.69) is 56.8 Å². The first-order valence-electron chi connectivity index (χ1n) is 11.0. The Kier molecular flexibility index (Phi) is 8.25. The maximum Gasteiger partial charge on any atom is 0.230 e. The Morgan fingerprint density at radius 1 is 0.906 bits per heavy atom. The van der Waals surface area contributed by atoms with Crippen molar-refractivity contribution in [1.82, 2.24) is 20.4 Å². The number of thioether (sulfide) groups is 1. The van der Waals surface area contributed by atoms with E-state index in [0.717, 1.165) is 55.6 Å². The number of amides is 1. The number of carbonyl (C=O) groups excluding carboxylic acids is 1. The molecule has 1 aromatic heterocycles. The molecule has 0 radical (unpaired) electrons. The fourth-order valence-corrected chi connectivity index (χ4v) is 4.20. The maximum atomic E-state index is 12.1. The number of morpholine rings is 1. The molecule has 0 aliphatic carbocycles. The number of hydrogen-bond donors (Lipinski definition) is 1. The normalized spacial score (nSPS) is 14.2. The lowest BCUT2D eigenvalue weighted by Crippen LogP contribution is -2.38. The van der Waals surface area contributed by atoms with Crippen molar-refractivity contribution in [1.29, 1.82) is 0 Å². The number of nitrogens with one attached hydrogen (secondary N) is 1. The van der Waals surface area contributed by atoms with Crippen LogP contribution >= 0.6 is 11.8 Å². The zero-order valence-electron chi connectivity index (χ0n) is 18.1. The number of hydrogen-bond acceptors (Lipinski definition) is 6. The highest BCUT2D eigenvalue weighted by Gasteiger charge is 2.10. The molecule has 166 valence electrons. The summed E-state index contributed by atoms with van der Waals surface area (Å²) >= 11 is 1.41. The molecule has 1 amide bonds. The third-order valence-electron chi connectivity index (χ3n) is 5.36. The van der Waals surface area contributed by atoms with Crippen molar-refractivity contribution in [3.63, 3.8) is 0 Å². The fourth-order valence-electron chi connectivity index (χ4n) is 3.56. The topological polar surface area (TPSA) is 67.4 Å². The monoisotopic (exact) mass is 448 g/mol. The van der Waals surface area contributed by atoms with Gasteiger partial charge in [0.25, 0.3) is 0 Å². The Labute approximate surface area is 193 Å². The first-order chi connectivity index (χ1) is 15.8. The van der Waals surface area contributed by atoms with E-state index >= 15 is 0 Å². The highest BCUT2D eigenvalue weighted by atomic mass is 32.2. The van der Waals surface area contributed by atoms with E-state index < -0.39 is 0 Å². The second-order valence-electron chi connectivity index (χ2n) is 7.65. The van der Waals surface area contributed by atoms with Crippen LogP contribution < -0.4 is 5.32 Å². The molecule has 2 aromatic carbocycles. The van der Waals surface area contributed by atoms with Crippen molar-refractivity contribution >= 4 is 17.7 Å². The molecule has 3 aromatic rings. The largest absolute Gasteiger partial charge is 0.379 e. The van der Waals surface area contributed by atoms with E-state index in [1.807, 2.05) is 30.3 Å². The first kappa shape index (κ1) is 22.5.